The monoisotopic (exact) mass is 273 g/mol. The van der Waals surface area contributed by atoms with Gasteiger partial charge in [0.2, 0.25) is 0 Å². The van der Waals surface area contributed by atoms with Crippen LogP contribution in [0.15, 0.2) is 12.7 Å². The van der Waals surface area contributed by atoms with Crippen molar-refractivity contribution in [1.29, 1.82) is 0 Å². The summed E-state index contributed by atoms with van der Waals surface area (Å²) in [5, 5.41) is 19.1. The minimum atomic E-state index is 0.139. The Bertz CT molecular complexity index is 148. The number of aliphatic hydroxyl groups is 2. The summed E-state index contributed by atoms with van der Waals surface area (Å²) in [6, 6.07) is 0. The molecule has 3 heteroatoms. The quantitative estimate of drug-likeness (QED) is 0.356. The first-order valence-electron chi connectivity index (χ1n) is 7.86. The van der Waals surface area contributed by atoms with Gasteiger partial charge in [0.25, 0.3) is 0 Å². The highest BCUT2D eigenvalue weighted by molar-refractivity contribution is 4.65. The molecule has 0 rings (SSSR count). The smallest absolute Gasteiger partial charge is 0.0555 e. The van der Waals surface area contributed by atoms with Crippen molar-refractivity contribution < 1.29 is 10.2 Å². The van der Waals surface area contributed by atoms with Crippen LogP contribution in [0.1, 0.15) is 64.7 Å². The Balaban J connectivity index is 0. The van der Waals surface area contributed by atoms with Crippen molar-refractivity contribution in [2.24, 2.45) is 0 Å². The molecule has 0 spiro atoms. The van der Waals surface area contributed by atoms with Crippen LogP contribution in [0.5, 0.6) is 0 Å². The number of hydrogen-bond acceptors (Lipinski definition) is 3. The van der Waals surface area contributed by atoms with Gasteiger partial charge in [-0.3, -0.25) is 0 Å². The summed E-state index contributed by atoms with van der Waals surface area (Å²) in [7, 11) is 0. The van der Waals surface area contributed by atoms with Gasteiger partial charge in [0, 0.05) is 13.1 Å². The normalized spacial score (nSPS) is 9.84. The summed E-state index contributed by atoms with van der Waals surface area (Å²) >= 11 is 0. The fraction of sp³-hybridized carbons (Fsp3) is 0.875. The van der Waals surface area contributed by atoms with Gasteiger partial charge in [0.1, 0.15) is 0 Å². The van der Waals surface area contributed by atoms with Crippen LogP contribution in [0.25, 0.3) is 0 Å². The van der Waals surface area contributed by atoms with Crippen molar-refractivity contribution in [2.75, 3.05) is 26.3 Å². The summed E-state index contributed by atoms with van der Waals surface area (Å²) in [5.41, 5.74) is 0. The van der Waals surface area contributed by atoms with E-state index < -0.39 is 0 Å². The van der Waals surface area contributed by atoms with E-state index in [2.05, 4.69) is 18.8 Å². The molecule has 3 N–H and O–H groups in total. The number of hydrogen-bond donors (Lipinski definition) is 3. The topological polar surface area (TPSA) is 52.5 Å². The summed E-state index contributed by atoms with van der Waals surface area (Å²) < 4.78 is 0. The van der Waals surface area contributed by atoms with E-state index in [1.54, 1.807) is 0 Å². The lowest BCUT2D eigenvalue weighted by Crippen LogP contribution is -2.21. The second kappa shape index (κ2) is 22.8. The summed E-state index contributed by atoms with van der Waals surface area (Å²) in [6.45, 7) is 7.40. The van der Waals surface area contributed by atoms with E-state index >= 15 is 0 Å². The van der Waals surface area contributed by atoms with Gasteiger partial charge in [-0.2, -0.15) is 0 Å². The van der Waals surface area contributed by atoms with Gasteiger partial charge < -0.3 is 15.5 Å². The number of allylic oxidation sites excluding steroid dienone is 1. The van der Waals surface area contributed by atoms with Gasteiger partial charge in [0.15, 0.2) is 0 Å². The van der Waals surface area contributed by atoms with Gasteiger partial charge in [0.05, 0.1) is 13.2 Å². The maximum atomic E-state index is 8.15. The van der Waals surface area contributed by atoms with E-state index in [1.165, 1.54) is 57.8 Å². The molecule has 0 aromatic carbocycles. The third kappa shape index (κ3) is 27.0. The predicted molar refractivity (Wildman–Crippen MR) is 84.5 cm³/mol. The van der Waals surface area contributed by atoms with Gasteiger partial charge in [-0.1, -0.05) is 57.9 Å². The lowest BCUT2D eigenvalue weighted by molar-refractivity contribution is 0.267. The minimum Gasteiger partial charge on any atom is -0.395 e. The van der Waals surface area contributed by atoms with Crippen LogP contribution >= 0.6 is 0 Å². The average molecular weight is 273 g/mol. The highest BCUT2D eigenvalue weighted by atomic mass is 16.3. The van der Waals surface area contributed by atoms with Crippen LogP contribution in [0.3, 0.4) is 0 Å². The third-order valence-electron chi connectivity index (χ3n) is 2.84. The second-order valence-electron chi connectivity index (χ2n) is 4.75. The van der Waals surface area contributed by atoms with Crippen LogP contribution in [0.2, 0.25) is 0 Å². The van der Waals surface area contributed by atoms with E-state index in [9.17, 15) is 0 Å². The molecule has 0 bridgehead atoms. The molecule has 0 aliphatic heterocycles. The molecule has 0 saturated heterocycles. The van der Waals surface area contributed by atoms with Crippen molar-refractivity contribution >= 4 is 0 Å². The molecule has 19 heavy (non-hydrogen) atoms. The van der Waals surface area contributed by atoms with E-state index in [0.717, 1.165) is 0 Å². The fourth-order valence-electron chi connectivity index (χ4n) is 1.71. The largest absolute Gasteiger partial charge is 0.395 e. The molecule has 0 unspecified atom stereocenters. The highest BCUT2D eigenvalue weighted by Gasteiger charge is 1.89. The molecule has 0 amide bonds. The number of rotatable bonds is 13. The zero-order chi connectivity index (χ0) is 14.6. The average Bonchev–Trinajstić information content (AvgIpc) is 2.43. The SMILES string of the molecule is C=CCCCCCCCCCC.OCCNCCO. The zero-order valence-electron chi connectivity index (χ0n) is 12.9. The van der Waals surface area contributed by atoms with E-state index in [0.29, 0.717) is 13.1 Å². The maximum Gasteiger partial charge on any atom is 0.0555 e. The molecule has 0 saturated carbocycles. The van der Waals surface area contributed by atoms with E-state index in [4.69, 9.17) is 10.2 Å². The third-order valence-corrected chi connectivity index (χ3v) is 2.84. The Kier molecular flexibility index (Phi) is 25.1. The first kappa shape index (κ1) is 20.9. The van der Waals surface area contributed by atoms with Crippen molar-refractivity contribution in [1.82, 2.24) is 5.32 Å². The van der Waals surface area contributed by atoms with Crippen LogP contribution < -0.4 is 5.32 Å². The molecule has 116 valence electrons. The maximum absolute atomic E-state index is 8.15. The van der Waals surface area contributed by atoms with Crippen molar-refractivity contribution in [3.63, 3.8) is 0 Å². The Morgan fingerprint density at radius 1 is 0.842 bits per heavy atom. The standard InChI is InChI=1S/C12H24.C4H11NO2/c1-3-5-7-9-11-12-10-8-6-4-2;6-3-1-5-2-4-7/h3H,1,4-12H2,2H3;5-7H,1-4H2. The molecule has 0 aliphatic carbocycles. The number of unbranched alkanes of at least 4 members (excludes halogenated alkanes) is 8. The number of aliphatic hydroxyl groups excluding tert-OH is 2. The zero-order valence-corrected chi connectivity index (χ0v) is 12.9. The lowest BCUT2D eigenvalue weighted by Gasteiger charge is -1.99. The first-order valence-corrected chi connectivity index (χ1v) is 7.86. The summed E-state index contributed by atoms with van der Waals surface area (Å²) in [6.07, 6.45) is 14.5. The Morgan fingerprint density at radius 2 is 1.32 bits per heavy atom. The van der Waals surface area contributed by atoms with E-state index in [1.807, 2.05) is 6.08 Å². The fourth-order valence-corrected chi connectivity index (χ4v) is 1.71. The van der Waals surface area contributed by atoms with Crippen LogP contribution in [0.4, 0.5) is 0 Å². The molecule has 3 nitrogen and oxygen atoms in total. The van der Waals surface area contributed by atoms with Crippen molar-refractivity contribution in [3.05, 3.63) is 12.7 Å². The first-order chi connectivity index (χ1) is 9.33. The van der Waals surface area contributed by atoms with Gasteiger partial charge >= 0.3 is 0 Å². The molecule has 0 aromatic heterocycles. The van der Waals surface area contributed by atoms with Crippen molar-refractivity contribution in [3.8, 4) is 0 Å². The van der Waals surface area contributed by atoms with Crippen molar-refractivity contribution in [2.45, 2.75) is 64.7 Å². The van der Waals surface area contributed by atoms with Crippen LogP contribution in [0, 0.1) is 0 Å². The predicted octanol–water partition coefficient (Wildman–Crippen LogP) is 3.26. The van der Waals surface area contributed by atoms with Gasteiger partial charge in [-0.25, -0.2) is 0 Å². The summed E-state index contributed by atoms with van der Waals surface area (Å²) in [4.78, 5) is 0. The highest BCUT2D eigenvalue weighted by Crippen LogP contribution is 2.09. The lowest BCUT2D eigenvalue weighted by atomic mass is 10.1. The Labute approximate surface area is 120 Å². The Morgan fingerprint density at radius 3 is 1.74 bits per heavy atom. The van der Waals surface area contributed by atoms with E-state index in [-0.39, 0.29) is 13.2 Å². The van der Waals surface area contributed by atoms with Gasteiger partial charge in [-0.05, 0) is 12.8 Å². The molecule has 0 aromatic rings. The minimum absolute atomic E-state index is 0.139. The van der Waals surface area contributed by atoms with Gasteiger partial charge in [-0.15, -0.1) is 6.58 Å². The Hall–Kier alpha value is -0.380. The molecule has 0 heterocycles. The van der Waals surface area contributed by atoms with Crippen LogP contribution in [-0.4, -0.2) is 36.5 Å². The van der Waals surface area contributed by atoms with Crippen LogP contribution in [-0.2, 0) is 0 Å². The molecular formula is C16H35NO2. The second-order valence-corrected chi connectivity index (χ2v) is 4.75. The molecule has 0 aliphatic rings. The summed E-state index contributed by atoms with van der Waals surface area (Å²) in [5.74, 6) is 0. The molecule has 0 fully saturated rings. The molecular weight excluding hydrogens is 238 g/mol. The molecule has 0 atom stereocenters. The molecule has 0 radical (unpaired) electrons. The number of nitrogens with one attached hydrogen (secondary N) is 1.